The number of aromatic nitrogens is 1. The molecular weight excluding hydrogens is 486 g/mol. The number of halogens is 1. The van der Waals surface area contributed by atoms with Crippen LogP contribution in [-0.2, 0) is 16.8 Å². The molecule has 1 fully saturated rings. The molecule has 8 nitrogen and oxygen atoms in total. The second-order valence-electron chi connectivity index (χ2n) is 10.2. The average Bonchev–Trinajstić information content (AvgIpc) is 3.29. The lowest BCUT2D eigenvalue weighted by atomic mass is 9.89. The molecule has 2 heterocycles. The zero-order valence-electron chi connectivity index (χ0n) is 21.7. The number of carbonyl (C=O) groups excluding carboxylic acids is 1. The molecule has 0 saturated carbocycles. The Morgan fingerprint density at radius 2 is 1.89 bits per heavy atom. The molecule has 198 valence electrons. The molecule has 0 spiro atoms. The van der Waals surface area contributed by atoms with Gasteiger partial charge >= 0.3 is 0 Å². The molecule has 1 amide bonds. The summed E-state index contributed by atoms with van der Waals surface area (Å²) in [6, 6.07) is 15.8. The first-order valence-electron chi connectivity index (χ1n) is 12.9. The van der Waals surface area contributed by atoms with E-state index in [1.807, 2.05) is 23.1 Å². The molecule has 37 heavy (non-hydrogen) atoms. The van der Waals surface area contributed by atoms with Crippen LogP contribution in [0.15, 0.2) is 59.7 Å². The Morgan fingerprint density at radius 3 is 2.62 bits per heavy atom. The zero-order chi connectivity index (χ0) is 26.6. The third kappa shape index (κ3) is 6.26. The van der Waals surface area contributed by atoms with Gasteiger partial charge in [-0.25, -0.2) is 0 Å². The van der Waals surface area contributed by atoms with Crippen LogP contribution in [0.5, 0.6) is 0 Å². The van der Waals surface area contributed by atoms with Gasteiger partial charge in [0.2, 0.25) is 5.91 Å². The maximum absolute atomic E-state index is 13.9. The minimum atomic E-state index is -1.16. The monoisotopic (exact) mass is 523 g/mol. The summed E-state index contributed by atoms with van der Waals surface area (Å²) >= 11 is 6.07. The highest BCUT2D eigenvalue weighted by Gasteiger charge is 2.41. The van der Waals surface area contributed by atoms with Crippen molar-refractivity contribution in [1.82, 2.24) is 14.8 Å². The van der Waals surface area contributed by atoms with Gasteiger partial charge in [-0.05, 0) is 62.4 Å². The minimum Gasteiger partial charge on any atom is -0.370 e. The molecule has 2 aromatic carbocycles. The number of rotatable bonds is 9. The summed E-state index contributed by atoms with van der Waals surface area (Å²) in [5.74, 6) is 0.00705. The Labute approximate surface area is 223 Å². The molecular formula is C28H38ClN7O. The van der Waals surface area contributed by atoms with Crippen LogP contribution >= 0.6 is 11.6 Å². The number of piperazine rings is 1. The third-order valence-electron chi connectivity index (χ3n) is 7.45. The molecule has 0 aliphatic carbocycles. The maximum atomic E-state index is 13.9. The number of amides is 1. The molecule has 1 aliphatic heterocycles. The first-order valence-corrected chi connectivity index (χ1v) is 13.2. The van der Waals surface area contributed by atoms with Gasteiger partial charge in [-0.2, -0.15) is 0 Å². The number of hydrogen-bond acceptors (Lipinski definition) is 4. The topological polar surface area (TPSA) is 130 Å². The molecule has 7 N–H and O–H groups in total. The SMILES string of the molecule is C[C@@H]1CN(C(=O)[C@](C)(N)c2ccc(Cl)cc2)[C@@H](CCCN=C(N)N)CN1CCc1c[nH]c2ccccc12. The lowest BCUT2D eigenvalue weighted by Gasteiger charge is -2.47. The number of hydrogen-bond donors (Lipinski definition) is 4. The summed E-state index contributed by atoms with van der Waals surface area (Å²) < 4.78 is 0. The standard InChI is InChI=1S/C28H38ClN7O/c1-19-17-36(26(37)28(2,32)21-9-11-22(29)12-10-21)23(6-5-14-33-27(30)31)18-35(19)15-13-20-16-34-25-8-4-3-7-24(20)25/h3-4,7-12,16,19,23,34H,5-6,13-15,17-18,32H2,1-2H3,(H4,30,31,33)/t19-,23+,28-/m1/s1. The molecule has 1 aromatic heterocycles. The van der Waals surface area contributed by atoms with E-state index in [2.05, 4.69) is 46.2 Å². The number of fused-ring (bicyclic) bond motifs is 1. The van der Waals surface area contributed by atoms with Crippen molar-refractivity contribution in [3.63, 3.8) is 0 Å². The molecule has 1 aliphatic rings. The minimum absolute atomic E-state index is 0.0102. The van der Waals surface area contributed by atoms with Crippen LogP contribution in [0.25, 0.3) is 10.9 Å². The molecule has 1 saturated heterocycles. The van der Waals surface area contributed by atoms with Gasteiger partial charge in [0.05, 0.1) is 0 Å². The van der Waals surface area contributed by atoms with Crippen molar-refractivity contribution in [2.75, 3.05) is 26.2 Å². The van der Waals surface area contributed by atoms with E-state index in [1.165, 1.54) is 10.9 Å². The first kappa shape index (κ1) is 27.0. The number of para-hydroxylation sites is 1. The predicted molar refractivity (Wildman–Crippen MR) is 151 cm³/mol. The second-order valence-corrected chi connectivity index (χ2v) is 10.7. The predicted octanol–water partition coefficient (Wildman–Crippen LogP) is 3.19. The van der Waals surface area contributed by atoms with Crippen molar-refractivity contribution >= 4 is 34.4 Å². The molecule has 3 aromatic rings. The summed E-state index contributed by atoms with van der Waals surface area (Å²) in [6.45, 7) is 6.79. The van der Waals surface area contributed by atoms with Crippen LogP contribution in [0.1, 0.15) is 37.8 Å². The van der Waals surface area contributed by atoms with Gasteiger partial charge in [-0.15, -0.1) is 0 Å². The highest BCUT2D eigenvalue weighted by molar-refractivity contribution is 6.30. The largest absolute Gasteiger partial charge is 0.370 e. The highest BCUT2D eigenvalue weighted by Crippen LogP contribution is 2.28. The Kier molecular flexibility index (Phi) is 8.42. The van der Waals surface area contributed by atoms with Crippen LogP contribution in [0, 0.1) is 0 Å². The van der Waals surface area contributed by atoms with Gasteiger partial charge < -0.3 is 27.1 Å². The molecule has 9 heteroatoms. The summed E-state index contributed by atoms with van der Waals surface area (Å²) in [6.07, 6.45) is 4.60. The number of nitrogens with one attached hydrogen (secondary N) is 1. The van der Waals surface area contributed by atoms with Crippen LogP contribution in [-0.4, -0.2) is 64.9 Å². The molecule has 0 bridgehead atoms. The van der Waals surface area contributed by atoms with E-state index in [4.69, 9.17) is 28.8 Å². The van der Waals surface area contributed by atoms with E-state index in [0.29, 0.717) is 18.1 Å². The molecule has 0 unspecified atom stereocenters. The fraction of sp³-hybridized carbons (Fsp3) is 0.429. The van der Waals surface area contributed by atoms with Crippen LogP contribution in [0.3, 0.4) is 0 Å². The summed E-state index contributed by atoms with van der Waals surface area (Å²) in [5, 5.41) is 1.88. The van der Waals surface area contributed by atoms with Gasteiger partial charge in [0, 0.05) is 60.4 Å². The van der Waals surface area contributed by atoms with Gasteiger partial charge in [0.25, 0.3) is 0 Å². The molecule has 3 atom stereocenters. The number of aliphatic imine (C=N–C) groups is 1. The number of aromatic amines is 1. The first-order chi connectivity index (χ1) is 17.7. The summed E-state index contributed by atoms with van der Waals surface area (Å²) in [7, 11) is 0. The smallest absolute Gasteiger partial charge is 0.247 e. The highest BCUT2D eigenvalue weighted by atomic mass is 35.5. The number of carbonyl (C=O) groups is 1. The summed E-state index contributed by atoms with van der Waals surface area (Å²) in [4.78, 5) is 25.8. The van der Waals surface area contributed by atoms with Crippen LogP contribution in [0.2, 0.25) is 5.02 Å². The van der Waals surface area contributed by atoms with Gasteiger partial charge in [0.1, 0.15) is 5.54 Å². The fourth-order valence-electron chi connectivity index (χ4n) is 5.26. The normalized spacial score (nSPS) is 20.1. The van der Waals surface area contributed by atoms with Gasteiger partial charge in [-0.1, -0.05) is 41.9 Å². The lowest BCUT2D eigenvalue weighted by Crippen LogP contribution is -2.63. The molecule has 0 radical (unpaired) electrons. The van der Waals surface area contributed by atoms with Crippen molar-refractivity contribution in [2.45, 2.75) is 50.7 Å². The number of nitrogens with zero attached hydrogens (tertiary/aromatic N) is 3. The Hall–Kier alpha value is -3.07. The van der Waals surface area contributed by atoms with Crippen molar-refractivity contribution in [3.05, 3.63) is 70.9 Å². The van der Waals surface area contributed by atoms with E-state index >= 15 is 0 Å². The third-order valence-corrected chi connectivity index (χ3v) is 7.70. The van der Waals surface area contributed by atoms with Crippen molar-refractivity contribution in [3.8, 4) is 0 Å². The Bertz CT molecular complexity index is 1230. The number of nitrogens with two attached hydrogens (primary N) is 3. The Balaban J connectivity index is 1.50. The summed E-state index contributed by atoms with van der Waals surface area (Å²) in [5.41, 5.74) is 19.7. The van der Waals surface area contributed by atoms with E-state index in [-0.39, 0.29) is 24.0 Å². The zero-order valence-corrected chi connectivity index (χ0v) is 22.4. The lowest BCUT2D eigenvalue weighted by molar-refractivity contribution is -0.143. The molecule has 4 rings (SSSR count). The fourth-order valence-corrected chi connectivity index (χ4v) is 5.39. The second kappa shape index (κ2) is 11.5. The van der Waals surface area contributed by atoms with Crippen LogP contribution < -0.4 is 17.2 Å². The van der Waals surface area contributed by atoms with Gasteiger partial charge in [0.15, 0.2) is 5.96 Å². The van der Waals surface area contributed by atoms with E-state index in [1.54, 1.807) is 19.1 Å². The quantitative estimate of drug-likeness (QED) is 0.194. The van der Waals surface area contributed by atoms with Crippen molar-refractivity contribution < 1.29 is 4.79 Å². The average molecular weight is 524 g/mol. The van der Waals surface area contributed by atoms with Crippen molar-refractivity contribution in [2.24, 2.45) is 22.2 Å². The maximum Gasteiger partial charge on any atom is 0.247 e. The number of benzene rings is 2. The number of H-pyrrole nitrogens is 1. The van der Waals surface area contributed by atoms with E-state index in [9.17, 15) is 4.79 Å². The van der Waals surface area contributed by atoms with E-state index in [0.717, 1.165) is 43.4 Å². The number of guanidine groups is 1. The Morgan fingerprint density at radius 1 is 1.16 bits per heavy atom. The van der Waals surface area contributed by atoms with Crippen molar-refractivity contribution in [1.29, 1.82) is 0 Å². The van der Waals surface area contributed by atoms with Gasteiger partial charge in [-0.3, -0.25) is 14.7 Å². The van der Waals surface area contributed by atoms with Crippen LogP contribution in [0.4, 0.5) is 0 Å². The van der Waals surface area contributed by atoms with E-state index < -0.39 is 5.54 Å².